The SMILES string of the molecule is CCc1n(CC(=O)OCc2ccccc2)c2ccccc2[n+]1C.[I-]. The number of rotatable bonds is 5. The molecule has 2 aromatic carbocycles. The first-order valence-electron chi connectivity index (χ1n) is 7.86. The van der Waals surface area contributed by atoms with E-state index in [0.29, 0.717) is 6.61 Å². The Bertz CT molecular complexity index is 828. The molecule has 0 saturated carbocycles. The van der Waals surface area contributed by atoms with Crippen molar-refractivity contribution in [1.29, 1.82) is 0 Å². The lowest BCUT2D eigenvalue weighted by molar-refractivity contribution is -0.653. The molecule has 0 aliphatic rings. The third-order valence-electron chi connectivity index (χ3n) is 4.08. The first-order valence-corrected chi connectivity index (χ1v) is 7.86. The van der Waals surface area contributed by atoms with Crippen molar-refractivity contribution in [3.05, 3.63) is 66.0 Å². The molecule has 24 heavy (non-hydrogen) atoms. The molecule has 3 rings (SSSR count). The van der Waals surface area contributed by atoms with Gasteiger partial charge in [0.15, 0.2) is 17.6 Å². The van der Waals surface area contributed by atoms with E-state index in [-0.39, 0.29) is 36.5 Å². The number of ether oxygens (including phenoxy) is 1. The van der Waals surface area contributed by atoms with Crippen molar-refractivity contribution >= 4 is 17.0 Å². The Morgan fingerprint density at radius 2 is 1.75 bits per heavy atom. The molecule has 3 aromatic rings. The average Bonchev–Trinajstić information content (AvgIpc) is 2.86. The number of para-hydroxylation sites is 2. The molecule has 0 fully saturated rings. The predicted octanol–water partition coefficient (Wildman–Crippen LogP) is -0.224. The summed E-state index contributed by atoms with van der Waals surface area (Å²) in [4.78, 5) is 12.3. The normalized spacial score (nSPS) is 10.4. The molecule has 0 radical (unpaired) electrons. The Kier molecular flexibility index (Phi) is 6.36. The van der Waals surface area contributed by atoms with Gasteiger partial charge in [0, 0.05) is 6.42 Å². The second-order valence-electron chi connectivity index (χ2n) is 5.55. The molecule has 1 aromatic heterocycles. The number of halogens is 1. The van der Waals surface area contributed by atoms with Crippen LogP contribution in [0.3, 0.4) is 0 Å². The summed E-state index contributed by atoms with van der Waals surface area (Å²) >= 11 is 0. The monoisotopic (exact) mass is 436 g/mol. The smallest absolute Gasteiger partial charge is 0.348 e. The van der Waals surface area contributed by atoms with Crippen molar-refractivity contribution in [1.82, 2.24) is 4.57 Å². The Morgan fingerprint density at radius 3 is 2.46 bits per heavy atom. The zero-order valence-electron chi connectivity index (χ0n) is 13.9. The van der Waals surface area contributed by atoms with E-state index in [1.54, 1.807) is 0 Å². The van der Waals surface area contributed by atoms with Crippen LogP contribution in [0.1, 0.15) is 18.3 Å². The highest BCUT2D eigenvalue weighted by molar-refractivity contribution is 5.76. The number of aromatic nitrogens is 2. The molecule has 0 unspecified atom stereocenters. The van der Waals surface area contributed by atoms with Crippen LogP contribution in [0.15, 0.2) is 54.6 Å². The van der Waals surface area contributed by atoms with E-state index < -0.39 is 0 Å². The van der Waals surface area contributed by atoms with Gasteiger partial charge in [0.2, 0.25) is 0 Å². The van der Waals surface area contributed by atoms with Gasteiger partial charge < -0.3 is 28.7 Å². The van der Waals surface area contributed by atoms with E-state index >= 15 is 0 Å². The molecular formula is C19H21IN2O2. The van der Waals surface area contributed by atoms with Gasteiger partial charge in [-0.2, -0.15) is 0 Å². The predicted molar refractivity (Wildman–Crippen MR) is 88.7 cm³/mol. The summed E-state index contributed by atoms with van der Waals surface area (Å²) in [5.41, 5.74) is 3.18. The van der Waals surface area contributed by atoms with Gasteiger partial charge in [-0.3, -0.25) is 0 Å². The fourth-order valence-electron chi connectivity index (χ4n) is 2.95. The van der Waals surface area contributed by atoms with Crippen molar-refractivity contribution < 1.29 is 38.1 Å². The molecule has 0 N–H and O–H groups in total. The second kappa shape index (κ2) is 8.28. The Balaban J connectivity index is 0.00000208. The van der Waals surface area contributed by atoms with Crippen LogP contribution in [0.2, 0.25) is 0 Å². The summed E-state index contributed by atoms with van der Waals surface area (Å²) in [5.74, 6) is 0.896. The minimum Gasteiger partial charge on any atom is -1.00 e. The number of carbonyl (C=O) groups is 1. The molecule has 0 bridgehead atoms. The van der Waals surface area contributed by atoms with Crippen molar-refractivity contribution in [3.8, 4) is 0 Å². The lowest BCUT2D eigenvalue weighted by Gasteiger charge is -2.05. The summed E-state index contributed by atoms with van der Waals surface area (Å²) in [5, 5.41) is 0. The molecule has 1 heterocycles. The third-order valence-corrected chi connectivity index (χ3v) is 4.08. The van der Waals surface area contributed by atoms with Gasteiger partial charge in [0.25, 0.3) is 5.82 Å². The van der Waals surface area contributed by atoms with Crippen LogP contribution in [0.4, 0.5) is 0 Å². The van der Waals surface area contributed by atoms with Gasteiger partial charge in [-0.1, -0.05) is 49.4 Å². The van der Waals surface area contributed by atoms with Crippen LogP contribution in [0.5, 0.6) is 0 Å². The molecule has 0 saturated heterocycles. The highest BCUT2D eigenvalue weighted by atomic mass is 127. The summed E-state index contributed by atoms with van der Waals surface area (Å²) in [7, 11) is 2.03. The number of aryl methyl sites for hydroxylation is 1. The maximum Gasteiger partial charge on any atom is 0.348 e. The van der Waals surface area contributed by atoms with Crippen LogP contribution in [0, 0.1) is 0 Å². The topological polar surface area (TPSA) is 35.1 Å². The first kappa shape index (κ1) is 18.4. The van der Waals surface area contributed by atoms with Crippen LogP contribution in [-0.2, 0) is 36.2 Å². The van der Waals surface area contributed by atoms with Crippen molar-refractivity contribution in [2.24, 2.45) is 7.05 Å². The zero-order chi connectivity index (χ0) is 16.2. The molecule has 0 atom stereocenters. The Labute approximate surface area is 159 Å². The van der Waals surface area contributed by atoms with Gasteiger partial charge >= 0.3 is 5.97 Å². The molecule has 4 nitrogen and oxygen atoms in total. The quantitative estimate of drug-likeness (QED) is 0.315. The standard InChI is InChI=1S/C19H21N2O2.HI/c1-3-18-20(2)16-11-7-8-12-17(16)21(18)13-19(22)23-14-15-9-5-4-6-10-15;/h4-12H,3,13-14H2,1-2H3;1H/q+1;/p-1. The lowest BCUT2D eigenvalue weighted by atomic mass is 10.2. The number of nitrogens with zero attached hydrogens (tertiary/aromatic N) is 2. The number of hydrogen-bond acceptors (Lipinski definition) is 2. The second-order valence-corrected chi connectivity index (χ2v) is 5.55. The van der Waals surface area contributed by atoms with Crippen LogP contribution >= 0.6 is 0 Å². The molecular weight excluding hydrogens is 415 g/mol. The van der Waals surface area contributed by atoms with E-state index in [0.717, 1.165) is 28.8 Å². The highest BCUT2D eigenvalue weighted by Crippen LogP contribution is 2.15. The van der Waals surface area contributed by atoms with Gasteiger partial charge in [0.1, 0.15) is 6.61 Å². The summed E-state index contributed by atoms with van der Waals surface area (Å²) in [6.07, 6.45) is 0.858. The fraction of sp³-hybridized carbons (Fsp3) is 0.263. The number of benzene rings is 2. The van der Waals surface area contributed by atoms with Gasteiger partial charge in [0.05, 0.1) is 7.05 Å². The highest BCUT2D eigenvalue weighted by Gasteiger charge is 2.23. The van der Waals surface area contributed by atoms with Gasteiger partial charge in [-0.25, -0.2) is 13.9 Å². The Morgan fingerprint density at radius 1 is 1.08 bits per heavy atom. The van der Waals surface area contributed by atoms with E-state index in [4.69, 9.17) is 4.74 Å². The Hall–Kier alpha value is -1.89. The number of imidazole rings is 1. The van der Waals surface area contributed by atoms with Crippen molar-refractivity contribution in [2.75, 3.05) is 0 Å². The van der Waals surface area contributed by atoms with Gasteiger partial charge in [-0.05, 0) is 17.7 Å². The molecule has 0 aliphatic carbocycles. The molecule has 0 amide bonds. The van der Waals surface area contributed by atoms with Crippen molar-refractivity contribution in [2.45, 2.75) is 26.5 Å². The molecule has 126 valence electrons. The molecule has 0 spiro atoms. The van der Waals surface area contributed by atoms with Gasteiger partial charge in [-0.15, -0.1) is 0 Å². The maximum atomic E-state index is 12.3. The van der Waals surface area contributed by atoms with Crippen LogP contribution in [0.25, 0.3) is 11.0 Å². The number of hydrogen-bond donors (Lipinski definition) is 0. The fourth-order valence-corrected chi connectivity index (χ4v) is 2.95. The van der Waals surface area contributed by atoms with Crippen molar-refractivity contribution in [3.63, 3.8) is 0 Å². The van der Waals surface area contributed by atoms with Crippen LogP contribution in [-0.4, -0.2) is 10.5 Å². The van der Waals surface area contributed by atoms with E-state index in [1.165, 1.54) is 0 Å². The van der Waals surface area contributed by atoms with Crippen LogP contribution < -0.4 is 28.5 Å². The summed E-state index contributed by atoms with van der Waals surface area (Å²) < 4.78 is 9.60. The number of esters is 1. The number of fused-ring (bicyclic) bond motifs is 1. The first-order chi connectivity index (χ1) is 11.2. The van der Waals surface area contributed by atoms with E-state index in [9.17, 15) is 4.79 Å². The lowest BCUT2D eigenvalue weighted by Crippen LogP contribution is -3.00. The minimum atomic E-state index is -0.218. The van der Waals surface area contributed by atoms with E-state index in [1.807, 2.05) is 60.1 Å². The summed E-state index contributed by atoms with van der Waals surface area (Å²) in [6, 6.07) is 17.9. The minimum absolute atomic E-state index is 0. The molecule has 5 heteroatoms. The average molecular weight is 436 g/mol. The van der Waals surface area contributed by atoms with E-state index in [2.05, 4.69) is 17.6 Å². The largest absolute Gasteiger partial charge is 1.00 e. The summed E-state index contributed by atoms with van der Waals surface area (Å²) in [6.45, 7) is 2.64. The number of carbonyl (C=O) groups excluding carboxylic acids is 1. The maximum absolute atomic E-state index is 12.3. The zero-order valence-corrected chi connectivity index (χ0v) is 16.1. The third kappa shape index (κ3) is 3.77. The molecule has 0 aliphatic heterocycles.